The summed E-state index contributed by atoms with van der Waals surface area (Å²) in [7, 11) is 0. The van der Waals surface area contributed by atoms with E-state index in [2.05, 4.69) is 103 Å². The van der Waals surface area contributed by atoms with Gasteiger partial charge in [0.15, 0.2) is 0 Å². The summed E-state index contributed by atoms with van der Waals surface area (Å²) in [5.41, 5.74) is 2.90. The van der Waals surface area contributed by atoms with Crippen LogP contribution in [0.15, 0.2) is 73.1 Å². The predicted molar refractivity (Wildman–Crippen MR) is 168 cm³/mol. The molecule has 0 amide bonds. The van der Waals surface area contributed by atoms with Crippen LogP contribution in [0.1, 0.15) is 140 Å². The van der Waals surface area contributed by atoms with Gasteiger partial charge in [0.25, 0.3) is 5.82 Å². The van der Waals surface area contributed by atoms with Crippen molar-refractivity contribution in [3.63, 3.8) is 0 Å². The van der Waals surface area contributed by atoms with E-state index in [9.17, 15) is 0 Å². The van der Waals surface area contributed by atoms with Gasteiger partial charge in [0, 0.05) is 5.41 Å². The highest BCUT2D eigenvalue weighted by molar-refractivity contribution is 5.32. The van der Waals surface area contributed by atoms with Gasteiger partial charge in [-0.05, 0) is 36.8 Å². The zero-order valence-electron chi connectivity index (χ0n) is 25.5. The number of nitrogens with one attached hydrogen (secondary N) is 1. The van der Waals surface area contributed by atoms with E-state index in [1.165, 1.54) is 113 Å². The Kier molecular flexibility index (Phi) is 14.5. The van der Waals surface area contributed by atoms with Gasteiger partial charge in [-0.15, -0.1) is 0 Å². The maximum atomic E-state index is 3.76. The number of unbranched alkanes of at least 4 members (excludes halogenated alkanes) is 12. The van der Waals surface area contributed by atoms with Crippen molar-refractivity contribution in [3.05, 3.63) is 90.0 Å². The lowest BCUT2D eigenvalue weighted by Gasteiger charge is -2.37. The number of hydrogen-bond donors (Lipinski definition) is 1. The number of rotatable bonds is 21. The summed E-state index contributed by atoms with van der Waals surface area (Å²) in [5.74, 6) is 1.86. The van der Waals surface area contributed by atoms with Crippen molar-refractivity contribution in [3.8, 4) is 0 Å². The molecule has 0 saturated carbocycles. The van der Waals surface area contributed by atoms with Crippen LogP contribution in [0.25, 0.3) is 0 Å². The molecule has 2 atom stereocenters. The number of aromatic nitrogens is 2. The molecular formula is C37H57N2+. The second-order valence-electron chi connectivity index (χ2n) is 12.1. The molecule has 3 rings (SSSR count). The molecular weight excluding hydrogens is 472 g/mol. The molecule has 214 valence electrons. The standard InChI is InChI=1S/C37H56N2/c1-4-6-8-10-11-12-13-15-23-30-39-31-29-38-36(39)35(28-22-14-9-7-5-2)37(3,34-26-20-17-21-27-34)32-33-24-18-16-19-25-33/h16-21,24-27,29,31,35H,4-15,22-23,28,30,32H2,1-3H3/p+1. The highest BCUT2D eigenvalue weighted by atomic mass is 15.1. The fourth-order valence-electron chi connectivity index (χ4n) is 6.44. The third-order valence-electron chi connectivity index (χ3n) is 8.84. The van der Waals surface area contributed by atoms with E-state index >= 15 is 0 Å². The minimum atomic E-state index is 0.0124. The second-order valence-corrected chi connectivity index (χ2v) is 12.1. The molecule has 2 heteroatoms. The SMILES string of the molecule is CCCCCCCCCCC[n+]1cc[nH]c1C(CCCCCCC)C(C)(Cc1ccccc1)c1ccccc1. The summed E-state index contributed by atoms with van der Waals surface area (Å²) >= 11 is 0. The Hall–Kier alpha value is -2.35. The van der Waals surface area contributed by atoms with E-state index in [4.69, 9.17) is 0 Å². The molecule has 0 saturated heterocycles. The largest absolute Gasteiger partial charge is 0.258 e. The lowest BCUT2D eigenvalue weighted by atomic mass is 9.66. The number of imidazole rings is 1. The first-order valence-electron chi connectivity index (χ1n) is 16.3. The molecule has 39 heavy (non-hydrogen) atoms. The molecule has 3 aromatic rings. The van der Waals surface area contributed by atoms with Crippen molar-refractivity contribution in [2.75, 3.05) is 0 Å². The first kappa shape index (κ1) is 31.2. The molecule has 0 aliphatic heterocycles. The third-order valence-corrected chi connectivity index (χ3v) is 8.84. The van der Waals surface area contributed by atoms with E-state index < -0.39 is 0 Å². The minimum Gasteiger partial charge on any atom is -0.247 e. The average molecular weight is 530 g/mol. The van der Waals surface area contributed by atoms with Gasteiger partial charge in [-0.2, -0.15) is 0 Å². The Morgan fingerprint density at radius 3 is 1.82 bits per heavy atom. The normalized spacial score (nSPS) is 13.8. The molecule has 0 spiro atoms. The molecule has 2 unspecified atom stereocenters. The minimum absolute atomic E-state index is 0.0124. The van der Waals surface area contributed by atoms with Crippen molar-refractivity contribution in [2.45, 2.75) is 141 Å². The number of aromatic amines is 1. The van der Waals surface area contributed by atoms with E-state index in [1.54, 1.807) is 0 Å². The van der Waals surface area contributed by atoms with Gasteiger partial charge in [0.1, 0.15) is 12.4 Å². The summed E-state index contributed by atoms with van der Waals surface area (Å²) in [6.45, 7) is 8.25. The molecule has 1 heterocycles. The van der Waals surface area contributed by atoms with Gasteiger partial charge in [-0.1, -0.05) is 158 Å². The summed E-state index contributed by atoms with van der Waals surface area (Å²) < 4.78 is 2.56. The summed E-state index contributed by atoms with van der Waals surface area (Å²) in [6.07, 6.45) is 25.8. The second kappa shape index (κ2) is 18.1. The third kappa shape index (κ3) is 10.3. The Labute approximate surface area is 240 Å². The van der Waals surface area contributed by atoms with Crippen LogP contribution in [0.2, 0.25) is 0 Å². The summed E-state index contributed by atoms with van der Waals surface area (Å²) in [5, 5.41) is 0. The Morgan fingerprint density at radius 2 is 1.21 bits per heavy atom. The van der Waals surface area contributed by atoms with Gasteiger partial charge in [-0.25, -0.2) is 9.55 Å². The van der Waals surface area contributed by atoms with Crippen LogP contribution in [-0.4, -0.2) is 4.98 Å². The zero-order chi connectivity index (χ0) is 27.6. The molecule has 0 aliphatic rings. The Bertz CT molecular complexity index is 993. The van der Waals surface area contributed by atoms with Crippen molar-refractivity contribution in [1.29, 1.82) is 0 Å². The zero-order valence-corrected chi connectivity index (χ0v) is 25.5. The fourth-order valence-corrected chi connectivity index (χ4v) is 6.44. The molecule has 1 N–H and O–H groups in total. The van der Waals surface area contributed by atoms with Gasteiger partial charge < -0.3 is 0 Å². The van der Waals surface area contributed by atoms with Crippen molar-refractivity contribution < 1.29 is 4.57 Å². The highest BCUT2D eigenvalue weighted by Gasteiger charge is 2.41. The molecule has 1 aromatic heterocycles. The first-order valence-corrected chi connectivity index (χ1v) is 16.3. The lowest BCUT2D eigenvalue weighted by molar-refractivity contribution is -0.705. The Balaban J connectivity index is 1.76. The van der Waals surface area contributed by atoms with Gasteiger partial charge in [0.05, 0.1) is 12.5 Å². The van der Waals surface area contributed by atoms with Gasteiger partial charge in [0.2, 0.25) is 0 Å². The highest BCUT2D eigenvalue weighted by Crippen LogP contribution is 2.43. The first-order chi connectivity index (χ1) is 19.2. The lowest BCUT2D eigenvalue weighted by Crippen LogP contribution is -2.43. The van der Waals surface area contributed by atoms with Crippen molar-refractivity contribution in [2.24, 2.45) is 0 Å². The average Bonchev–Trinajstić information content (AvgIpc) is 3.43. The van der Waals surface area contributed by atoms with Crippen LogP contribution in [0.4, 0.5) is 0 Å². The van der Waals surface area contributed by atoms with Crippen LogP contribution >= 0.6 is 0 Å². The number of nitrogens with zero attached hydrogens (tertiary/aromatic N) is 1. The number of benzene rings is 2. The Morgan fingerprint density at radius 1 is 0.667 bits per heavy atom. The molecule has 2 aromatic carbocycles. The summed E-state index contributed by atoms with van der Waals surface area (Å²) in [4.78, 5) is 3.76. The smallest absolute Gasteiger partial charge is 0.247 e. The van der Waals surface area contributed by atoms with E-state index in [0.717, 1.165) is 13.0 Å². The quantitative estimate of drug-likeness (QED) is 0.105. The monoisotopic (exact) mass is 529 g/mol. The molecule has 0 bridgehead atoms. The van der Waals surface area contributed by atoms with Crippen LogP contribution in [0.3, 0.4) is 0 Å². The molecule has 0 fully saturated rings. The van der Waals surface area contributed by atoms with Crippen LogP contribution in [0, 0.1) is 0 Å². The van der Waals surface area contributed by atoms with E-state index in [-0.39, 0.29) is 5.41 Å². The number of aryl methyl sites for hydroxylation is 1. The van der Waals surface area contributed by atoms with Crippen LogP contribution < -0.4 is 4.57 Å². The van der Waals surface area contributed by atoms with Crippen LogP contribution in [-0.2, 0) is 18.4 Å². The predicted octanol–water partition coefficient (Wildman–Crippen LogP) is 10.5. The van der Waals surface area contributed by atoms with Crippen molar-refractivity contribution in [1.82, 2.24) is 4.98 Å². The van der Waals surface area contributed by atoms with Crippen LogP contribution in [0.5, 0.6) is 0 Å². The topological polar surface area (TPSA) is 19.7 Å². The molecule has 0 radical (unpaired) electrons. The number of hydrogen-bond acceptors (Lipinski definition) is 0. The maximum Gasteiger partial charge on any atom is 0.258 e. The number of H-pyrrole nitrogens is 1. The maximum absolute atomic E-state index is 3.76. The van der Waals surface area contributed by atoms with E-state index in [1.807, 2.05) is 0 Å². The van der Waals surface area contributed by atoms with Gasteiger partial charge >= 0.3 is 0 Å². The summed E-state index contributed by atoms with van der Waals surface area (Å²) in [6, 6.07) is 22.5. The van der Waals surface area contributed by atoms with Gasteiger partial charge in [-0.3, -0.25) is 0 Å². The molecule has 2 nitrogen and oxygen atoms in total. The van der Waals surface area contributed by atoms with Crippen molar-refractivity contribution >= 4 is 0 Å². The molecule has 0 aliphatic carbocycles. The fraction of sp³-hybridized carbons (Fsp3) is 0.595. The van der Waals surface area contributed by atoms with E-state index in [0.29, 0.717) is 5.92 Å².